The summed E-state index contributed by atoms with van der Waals surface area (Å²) in [7, 11) is 0. The van der Waals surface area contributed by atoms with Crippen LogP contribution in [0.1, 0.15) is 54.7 Å². The van der Waals surface area contributed by atoms with Gasteiger partial charge in [-0.2, -0.15) is 4.98 Å². The van der Waals surface area contributed by atoms with E-state index < -0.39 is 0 Å². The van der Waals surface area contributed by atoms with E-state index >= 15 is 0 Å². The summed E-state index contributed by atoms with van der Waals surface area (Å²) in [5.74, 6) is 2.04. The lowest BCUT2D eigenvalue weighted by Crippen LogP contribution is -2.39. The third-order valence-electron chi connectivity index (χ3n) is 4.17. The minimum Gasteiger partial charge on any atom is -0.477 e. The zero-order valence-corrected chi connectivity index (χ0v) is 14.9. The Labute approximate surface area is 147 Å². The third kappa shape index (κ3) is 4.15. The number of aromatic nitrogens is 3. The van der Waals surface area contributed by atoms with Crippen LogP contribution in [0.5, 0.6) is 5.88 Å². The molecule has 134 valence electrons. The summed E-state index contributed by atoms with van der Waals surface area (Å²) in [6, 6.07) is 3.53. The quantitative estimate of drug-likeness (QED) is 0.829. The van der Waals surface area contributed by atoms with Crippen LogP contribution in [-0.2, 0) is 0 Å². The molecule has 1 saturated heterocycles. The lowest BCUT2D eigenvalue weighted by molar-refractivity contribution is 0.0697. The third-order valence-corrected chi connectivity index (χ3v) is 4.17. The van der Waals surface area contributed by atoms with Crippen LogP contribution in [-0.4, -0.2) is 45.6 Å². The molecular formula is C18H24N4O3. The van der Waals surface area contributed by atoms with Crippen molar-refractivity contribution in [1.29, 1.82) is 0 Å². The molecule has 0 aliphatic carbocycles. The van der Waals surface area contributed by atoms with Crippen LogP contribution in [0.15, 0.2) is 22.9 Å². The van der Waals surface area contributed by atoms with Crippen LogP contribution in [0.4, 0.5) is 0 Å². The van der Waals surface area contributed by atoms with Gasteiger partial charge in [-0.3, -0.25) is 4.79 Å². The summed E-state index contributed by atoms with van der Waals surface area (Å²) in [5.41, 5.74) is 0.507. The standard InChI is InChI=1S/C18H24N4O3/c1-12(2)11-24-17-15(7-4-8-19-17)18(23)22-9-5-6-14(10-22)16-20-13(3)25-21-16/h4,7-8,12,14H,5-6,9-11H2,1-3H3/t14-/m0/s1. The van der Waals surface area contributed by atoms with Gasteiger partial charge in [-0.1, -0.05) is 19.0 Å². The van der Waals surface area contributed by atoms with Gasteiger partial charge in [0.15, 0.2) is 5.82 Å². The van der Waals surface area contributed by atoms with Crippen molar-refractivity contribution in [2.45, 2.75) is 39.5 Å². The van der Waals surface area contributed by atoms with Crippen molar-refractivity contribution < 1.29 is 14.1 Å². The Bertz CT molecular complexity index is 729. The molecule has 1 amide bonds. The smallest absolute Gasteiger partial charge is 0.259 e. The molecule has 1 atom stereocenters. The monoisotopic (exact) mass is 344 g/mol. The number of ether oxygens (including phenoxy) is 1. The Kier molecular flexibility index (Phi) is 5.31. The number of hydrogen-bond donors (Lipinski definition) is 0. The molecule has 0 spiro atoms. The molecule has 2 aromatic heterocycles. The van der Waals surface area contributed by atoms with E-state index in [1.54, 1.807) is 25.3 Å². The predicted molar refractivity (Wildman–Crippen MR) is 91.5 cm³/mol. The van der Waals surface area contributed by atoms with E-state index in [0.29, 0.717) is 48.8 Å². The van der Waals surface area contributed by atoms with Gasteiger partial charge in [0.05, 0.1) is 6.61 Å². The molecule has 3 heterocycles. The zero-order valence-electron chi connectivity index (χ0n) is 14.9. The number of amides is 1. The molecule has 0 bridgehead atoms. The number of carbonyl (C=O) groups excluding carboxylic acids is 1. The van der Waals surface area contributed by atoms with E-state index in [1.807, 2.05) is 4.90 Å². The Morgan fingerprint density at radius 3 is 3.04 bits per heavy atom. The molecule has 0 aromatic carbocycles. The SMILES string of the molecule is Cc1nc([C@H]2CCCN(C(=O)c3cccnc3OCC(C)C)C2)no1. The summed E-state index contributed by atoms with van der Waals surface area (Å²) < 4.78 is 10.8. The molecular weight excluding hydrogens is 320 g/mol. The summed E-state index contributed by atoms with van der Waals surface area (Å²) in [5, 5.41) is 4.01. The van der Waals surface area contributed by atoms with Crippen LogP contribution in [0.25, 0.3) is 0 Å². The molecule has 0 unspecified atom stereocenters. The molecule has 2 aromatic rings. The molecule has 0 saturated carbocycles. The van der Waals surface area contributed by atoms with Crippen molar-refractivity contribution in [2.75, 3.05) is 19.7 Å². The Balaban J connectivity index is 1.74. The molecule has 7 nitrogen and oxygen atoms in total. The summed E-state index contributed by atoms with van der Waals surface area (Å²) in [6.45, 7) is 7.72. The molecule has 0 radical (unpaired) electrons. The van der Waals surface area contributed by atoms with Crippen LogP contribution >= 0.6 is 0 Å². The zero-order chi connectivity index (χ0) is 17.8. The van der Waals surface area contributed by atoms with Crippen LogP contribution in [0.2, 0.25) is 0 Å². The van der Waals surface area contributed by atoms with Gasteiger partial charge in [0.2, 0.25) is 11.8 Å². The summed E-state index contributed by atoms with van der Waals surface area (Å²) in [4.78, 5) is 23.4. The first-order valence-corrected chi connectivity index (χ1v) is 8.72. The number of aryl methyl sites for hydroxylation is 1. The molecule has 1 aliphatic rings. The largest absolute Gasteiger partial charge is 0.477 e. The van der Waals surface area contributed by atoms with Crippen LogP contribution < -0.4 is 4.74 Å². The number of piperidine rings is 1. The minimum absolute atomic E-state index is 0.0585. The maximum Gasteiger partial charge on any atom is 0.259 e. The first-order chi connectivity index (χ1) is 12.0. The van der Waals surface area contributed by atoms with Gasteiger partial charge < -0.3 is 14.2 Å². The summed E-state index contributed by atoms with van der Waals surface area (Å²) >= 11 is 0. The van der Waals surface area contributed by atoms with Gasteiger partial charge in [0, 0.05) is 32.1 Å². The first kappa shape index (κ1) is 17.4. The second kappa shape index (κ2) is 7.63. The van der Waals surface area contributed by atoms with E-state index in [-0.39, 0.29) is 11.8 Å². The van der Waals surface area contributed by atoms with Crippen LogP contribution in [0, 0.1) is 12.8 Å². The lowest BCUT2D eigenvalue weighted by atomic mass is 9.97. The van der Waals surface area contributed by atoms with Crippen molar-refractivity contribution in [1.82, 2.24) is 20.0 Å². The Morgan fingerprint density at radius 1 is 1.48 bits per heavy atom. The fourth-order valence-electron chi connectivity index (χ4n) is 2.94. The maximum absolute atomic E-state index is 13.0. The highest BCUT2D eigenvalue weighted by atomic mass is 16.5. The van der Waals surface area contributed by atoms with Crippen molar-refractivity contribution in [3.8, 4) is 5.88 Å². The summed E-state index contributed by atoms with van der Waals surface area (Å²) in [6.07, 6.45) is 3.51. The average Bonchev–Trinajstić information content (AvgIpc) is 3.06. The molecule has 7 heteroatoms. The number of carbonyl (C=O) groups is 1. The average molecular weight is 344 g/mol. The normalized spacial score (nSPS) is 17.8. The first-order valence-electron chi connectivity index (χ1n) is 8.72. The molecule has 25 heavy (non-hydrogen) atoms. The van der Waals surface area contributed by atoms with Gasteiger partial charge >= 0.3 is 0 Å². The molecule has 3 rings (SSSR count). The maximum atomic E-state index is 13.0. The predicted octanol–water partition coefficient (Wildman–Crippen LogP) is 2.83. The lowest BCUT2D eigenvalue weighted by Gasteiger charge is -2.31. The number of pyridine rings is 1. The fraction of sp³-hybridized carbons (Fsp3) is 0.556. The molecule has 0 N–H and O–H groups in total. The minimum atomic E-state index is -0.0585. The highest BCUT2D eigenvalue weighted by molar-refractivity contribution is 5.96. The molecule has 1 fully saturated rings. The van der Waals surface area contributed by atoms with E-state index in [1.165, 1.54) is 0 Å². The van der Waals surface area contributed by atoms with Gasteiger partial charge in [-0.25, -0.2) is 4.98 Å². The van der Waals surface area contributed by atoms with Gasteiger partial charge in [0.25, 0.3) is 5.91 Å². The van der Waals surface area contributed by atoms with Crippen molar-refractivity contribution in [2.24, 2.45) is 5.92 Å². The van der Waals surface area contributed by atoms with Crippen molar-refractivity contribution >= 4 is 5.91 Å². The van der Waals surface area contributed by atoms with Crippen molar-refractivity contribution in [3.05, 3.63) is 35.6 Å². The van der Waals surface area contributed by atoms with E-state index in [9.17, 15) is 4.79 Å². The van der Waals surface area contributed by atoms with E-state index in [2.05, 4.69) is 29.0 Å². The second-order valence-electron chi connectivity index (χ2n) is 6.82. The van der Waals surface area contributed by atoms with E-state index in [0.717, 1.165) is 12.8 Å². The number of nitrogens with zero attached hydrogens (tertiary/aromatic N) is 4. The Hall–Kier alpha value is -2.44. The Morgan fingerprint density at radius 2 is 2.32 bits per heavy atom. The van der Waals surface area contributed by atoms with Crippen LogP contribution in [0.3, 0.4) is 0 Å². The number of likely N-dealkylation sites (tertiary alicyclic amines) is 1. The number of hydrogen-bond acceptors (Lipinski definition) is 6. The van der Waals surface area contributed by atoms with Gasteiger partial charge in [-0.05, 0) is 30.9 Å². The van der Waals surface area contributed by atoms with E-state index in [4.69, 9.17) is 9.26 Å². The number of rotatable bonds is 5. The molecule has 1 aliphatic heterocycles. The second-order valence-corrected chi connectivity index (χ2v) is 6.82. The highest BCUT2D eigenvalue weighted by Crippen LogP contribution is 2.27. The van der Waals surface area contributed by atoms with Crippen molar-refractivity contribution in [3.63, 3.8) is 0 Å². The van der Waals surface area contributed by atoms with Gasteiger partial charge in [0.1, 0.15) is 5.56 Å². The highest BCUT2D eigenvalue weighted by Gasteiger charge is 2.29. The van der Waals surface area contributed by atoms with Gasteiger partial charge in [-0.15, -0.1) is 0 Å². The fourth-order valence-corrected chi connectivity index (χ4v) is 2.94. The topological polar surface area (TPSA) is 81.4 Å².